The Hall–Kier alpha value is -0.420. The minimum Gasteiger partial charge on any atom is -0.315 e. The molecule has 1 N–H and O–H groups in total. The number of hydrogen-bond acceptors (Lipinski definition) is 4. The normalized spacial score (nSPS) is 22.2. The Labute approximate surface area is 133 Å². The molecule has 0 bridgehead atoms. The lowest BCUT2D eigenvalue weighted by molar-refractivity contribution is 0.0937. The zero-order valence-corrected chi connectivity index (χ0v) is 14.3. The van der Waals surface area contributed by atoms with Crippen LogP contribution in [0.3, 0.4) is 0 Å². The van der Waals surface area contributed by atoms with Crippen LogP contribution in [-0.2, 0) is 13.1 Å². The van der Waals surface area contributed by atoms with E-state index < -0.39 is 0 Å². The second-order valence-electron chi connectivity index (χ2n) is 6.57. The summed E-state index contributed by atoms with van der Waals surface area (Å²) in [5, 5.41) is 3.26. The maximum atomic E-state index is 3.26. The van der Waals surface area contributed by atoms with Crippen LogP contribution < -0.4 is 5.32 Å². The first-order valence-electron chi connectivity index (χ1n) is 8.45. The van der Waals surface area contributed by atoms with Gasteiger partial charge in [0.2, 0.25) is 0 Å². The highest BCUT2D eigenvalue weighted by Crippen LogP contribution is 2.26. The van der Waals surface area contributed by atoms with Crippen molar-refractivity contribution in [1.29, 1.82) is 0 Å². The predicted octanol–water partition coefficient (Wildman–Crippen LogP) is 2.84. The molecule has 1 aromatic rings. The van der Waals surface area contributed by atoms with E-state index in [0.717, 1.165) is 19.1 Å². The Balaban J connectivity index is 1.50. The Kier molecular flexibility index (Phi) is 5.33. The van der Waals surface area contributed by atoms with E-state index in [1.807, 2.05) is 18.4 Å². The fraction of sp³-hybridized carbons (Fsp3) is 0.765. The average molecular weight is 308 g/mol. The van der Waals surface area contributed by atoms with Gasteiger partial charge in [-0.05, 0) is 38.4 Å². The lowest BCUT2D eigenvalue weighted by atomic mass is 10.1. The number of rotatable bonds is 5. The number of thiophene rings is 1. The van der Waals surface area contributed by atoms with Crippen LogP contribution in [-0.4, -0.2) is 49.1 Å². The van der Waals surface area contributed by atoms with E-state index >= 15 is 0 Å². The van der Waals surface area contributed by atoms with Gasteiger partial charge in [0.1, 0.15) is 0 Å². The Morgan fingerprint density at radius 3 is 2.57 bits per heavy atom. The summed E-state index contributed by atoms with van der Waals surface area (Å²) in [4.78, 5) is 8.35. The molecule has 1 saturated carbocycles. The molecule has 1 aliphatic heterocycles. The van der Waals surface area contributed by atoms with Crippen LogP contribution in [0.5, 0.6) is 0 Å². The summed E-state index contributed by atoms with van der Waals surface area (Å²) in [6, 6.07) is 3.30. The van der Waals surface area contributed by atoms with E-state index in [9.17, 15) is 0 Å². The minimum atomic E-state index is 0.900. The van der Waals surface area contributed by atoms with Crippen LogP contribution in [0.2, 0.25) is 0 Å². The van der Waals surface area contributed by atoms with Gasteiger partial charge in [0.25, 0.3) is 0 Å². The molecule has 0 radical (unpaired) electrons. The molecule has 0 amide bonds. The number of hydrogen-bond donors (Lipinski definition) is 1. The van der Waals surface area contributed by atoms with Gasteiger partial charge in [-0.2, -0.15) is 0 Å². The van der Waals surface area contributed by atoms with Crippen molar-refractivity contribution in [3.63, 3.8) is 0 Å². The van der Waals surface area contributed by atoms with Gasteiger partial charge in [-0.15, -0.1) is 11.3 Å². The molecule has 2 aliphatic rings. The molecular formula is C17H29N3S. The van der Waals surface area contributed by atoms with Gasteiger partial charge in [0.05, 0.1) is 0 Å². The molecule has 1 saturated heterocycles. The fourth-order valence-corrected chi connectivity index (χ4v) is 4.87. The SMILES string of the molecule is CNCc1cc(CN2CCN(C3CCCC3)CC2)c(C)s1. The van der Waals surface area contributed by atoms with E-state index in [1.54, 1.807) is 5.56 Å². The highest BCUT2D eigenvalue weighted by molar-refractivity contribution is 7.12. The van der Waals surface area contributed by atoms with Crippen LogP contribution >= 0.6 is 11.3 Å². The van der Waals surface area contributed by atoms with E-state index in [0.29, 0.717) is 0 Å². The largest absolute Gasteiger partial charge is 0.315 e. The Bertz CT molecular complexity index is 443. The fourth-order valence-electron chi connectivity index (χ4n) is 3.80. The van der Waals surface area contributed by atoms with Crippen LogP contribution in [0, 0.1) is 6.92 Å². The van der Waals surface area contributed by atoms with E-state index in [1.165, 1.54) is 61.6 Å². The lowest BCUT2D eigenvalue weighted by Gasteiger charge is -2.38. The Morgan fingerprint density at radius 2 is 1.90 bits per heavy atom. The first-order valence-corrected chi connectivity index (χ1v) is 9.27. The van der Waals surface area contributed by atoms with Crippen LogP contribution in [0.25, 0.3) is 0 Å². The third kappa shape index (κ3) is 3.86. The first kappa shape index (κ1) is 15.5. The summed E-state index contributed by atoms with van der Waals surface area (Å²) in [7, 11) is 2.02. The zero-order valence-electron chi connectivity index (χ0n) is 13.5. The molecule has 3 nitrogen and oxygen atoms in total. The molecule has 1 aromatic heterocycles. The molecule has 0 aromatic carbocycles. The topological polar surface area (TPSA) is 18.5 Å². The van der Waals surface area contributed by atoms with Gasteiger partial charge in [-0.25, -0.2) is 0 Å². The third-order valence-electron chi connectivity index (χ3n) is 5.06. The van der Waals surface area contributed by atoms with Gasteiger partial charge in [-0.3, -0.25) is 9.80 Å². The van der Waals surface area contributed by atoms with Crippen molar-refractivity contribution in [3.8, 4) is 0 Å². The maximum absolute atomic E-state index is 3.26. The highest BCUT2D eigenvalue weighted by atomic mass is 32.1. The third-order valence-corrected chi connectivity index (χ3v) is 6.16. The average Bonchev–Trinajstić information content (AvgIpc) is 3.11. The first-order chi connectivity index (χ1) is 10.3. The van der Waals surface area contributed by atoms with Crippen molar-refractivity contribution in [2.45, 2.75) is 51.7 Å². The number of piperazine rings is 1. The molecule has 118 valence electrons. The molecule has 2 fully saturated rings. The highest BCUT2D eigenvalue weighted by Gasteiger charge is 2.26. The number of nitrogens with one attached hydrogen (secondary N) is 1. The van der Waals surface area contributed by atoms with Crippen LogP contribution in [0.4, 0.5) is 0 Å². The molecule has 0 atom stereocenters. The van der Waals surface area contributed by atoms with Gasteiger partial charge < -0.3 is 5.32 Å². The van der Waals surface area contributed by atoms with E-state index in [2.05, 4.69) is 28.1 Å². The van der Waals surface area contributed by atoms with Crippen molar-refractivity contribution < 1.29 is 0 Å². The summed E-state index contributed by atoms with van der Waals surface area (Å²) < 4.78 is 0. The molecule has 2 heterocycles. The molecular weight excluding hydrogens is 278 g/mol. The number of nitrogens with zero attached hydrogens (tertiary/aromatic N) is 2. The summed E-state index contributed by atoms with van der Waals surface area (Å²) in [5.41, 5.74) is 1.54. The molecule has 0 spiro atoms. The lowest BCUT2D eigenvalue weighted by Crippen LogP contribution is -2.49. The molecule has 0 unspecified atom stereocenters. The van der Waals surface area contributed by atoms with Crippen molar-refractivity contribution in [3.05, 3.63) is 21.4 Å². The quantitative estimate of drug-likeness (QED) is 0.902. The summed E-state index contributed by atoms with van der Waals surface area (Å²) in [6.07, 6.45) is 5.79. The van der Waals surface area contributed by atoms with Crippen molar-refractivity contribution in [2.24, 2.45) is 0 Å². The standard InChI is InChI=1S/C17H29N3S/c1-14-15(11-17(21-14)12-18-2)13-19-7-9-20(10-8-19)16-5-3-4-6-16/h11,16,18H,3-10,12-13H2,1-2H3. The van der Waals surface area contributed by atoms with E-state index in [-0.39, 0.29) is 0 Å². The van der Waals surface area contributed by atoms with Crippen molar-refractivity contribution in [1.82, 2.24) is 15.1 Å². The zero-order chi connectivity index (χ0) is 14.7. The van der Waals surface area contributed by atoms with Crippen molar-refractivity contribution in [2.75, 3.05) is 33.2 Å². The predicted molar refractivity (Wildman–Crippen MR) is 90.9 cm³/mol. The van der Waals surface area contributed by atoms with Gasteiger partial charge >= 0.3 is 0 Å². The van der Waals surface area contributed by atoms with Crippen LogP contribution in [0.1, 0.15) is 41.0 Å². The molecule has 3 rings (SSSR count). The van der Waals surface area contributed by atoms with Crippen molar-refractivity contribution >= 4 is 11.3 Å². The minimum absolute atomic E-state index is 0.900. The second-order valence-corrected chi connectivity index (χ2v) is 7.92. The summed E-state index contributed by atoms with van der Waals surface area (Å²) in [6.45, 7) is 9.45. The number of aryl methyl sites for hydroxylation is 1. The maximum Gasteiger partial charge on any atom is 0.0296 e. The molecule has 4 heteroatoms. The van der Waals surface area contributed by atoms with Gasteiger partial charge in [0, 0.05) is 55.1 Å². The second kappa shape index (κ2) is 7.23. The Morgan fingerprint density at radius 1 is 1.19 bits per heavy atom. The van der Waals surface area contributed by atoms with E-state index in [4.69, 9.17) is 0 Å². The monoisotopic (exact) mass is 307 g/mol. The molecule has 21 heavy (non-hydrogen) atoms. The van der Waals surface area contributed by atoms with Gasteiger partial charge in [0.15, 0.2) is 0 Å². The molecule has 1 aliphatic carbocycles. The smallest absolute Gasteiger partial charge is 0.0296 e. The van der Waals surface area contributed by atoms with Gasteiger partial charge in [-0.1, -0.05) is 12.8 Å². The van der Waals surface area contributed by atoms with Crippen LogP contribution in [0.15, 0.2) is 6.07 Å². The summed E-state index contributed by atoms with van der Waals surface area (Å²) in [5.74, 6) is 0. The summed E-state index contributed by atoms with van der Waals surface area (Å²) >= 11 is 1.95.